The normalized spacial score (nSPS) is 11.5. The van der Waals surface area contributed by atoms with Crippen molar-refractivity contribution < 1.29 is 4.39 Å². The number of hydrogen-bond donors (Lipinski definition) is 0. The van der Waals surface area contributed by atoms with E-state index in [9.17, 15) is 4.39 Å². The molecule has 0 aromatic heterocycles. The van der Waals surface area contributed by atoms with E-state index in [0.717, 1.165) is 12.0 Å². The molecule has 2 heteroatoms. The van der Waals surface area contributed by atoms with E-state index < -0.39 is 5.82 Å². The maximum atomic E-state index is 13.7. The first-order chi connectivity index (χ1) is 12.1. The maximum absolute atomic E-state index is 13.7. The average Bonchev–Trinajstić information content (AvgIpc) is 2.63. The molecular formula is C23H18ClF. The molecule has 0 heterocycles. The summed E-state index contributed by atoms with van der Waals surface area (Å²) in [5.74, 6) is 5.92. The van der Waals surface area contributed by atoms with Crippen LogP contribution in [-0.2, 0) is 6.42 Å². The zero-order chi connectivity index (χ0) is 17.6. The van der Waals surface area contributed by atoms with Crippen LogP contribution in [0.2, 0.25) is 5.02 Å². The van der Waals surface area contributed by atoms with Crippen molar-refractivity contribution in [3.63, 3.8) is 0 Å². The van der Waals surface area contributed by atoms with E-state index in [1.165, 1.54) is 17.2 Å². The van der Waals surface area contributed by atoms with Gasteiger partial charge in [-0.2, -0.15) is 0 Å². The summed E-state index contributed by atoms with van der Waals surface area (Å²) in [6.45, 7) is 2.23. The smallest absolute Gasteiger partial charge is 0.140 e. The minimum absolute atomic E-state index is 0.353. The fraction of sp³-hybridized carbons (Fsp3) is 0.130. The Morgan fingerprint density at radius 2 is 1.64 bits per heavy atom. The molecule has 25 heavy (non-hydrogen) atoms. The Bertz CT molecular complexity index is 902. The van der Waals surface area contributed by atoms with Gasteiger partial charge in [-0.25, -0.2) is 4.39 Å². The lowest BCUT2D eigenvalue weighted by Gasteiger charge is -2.11. The van der Waals surface area contributed by atoms with Crippen molar-refractivity contribution in [2.45, 2.75) is 19.3 Å². The van der Waals surface area contributed by atoms with E-state index in [0.29, 0.717) is 16.5 Å². The third-order valence-corrected chi connectivity index (χ3v) is 4.37. The minimum atomic E-state index is -0.395. The van der Waals surface area contributed by atoms with Gasteiger partial charge in [0.1, 0.15) is 5.82 Å². The summed E-state index contributed by atoms with van der Waals surface area (Å²) in [7, 11) is 0. The second-order valence-corrected chi connectivity index (χ2v) is 6.52. The lowest BCUT2D eigenvalue weighted by Crippen LogP contribution is -1.98. The predicted octanol–water partition coefficient (Wildman–Crippen LogP) is 6.23. The third-order valence-electron chi connectivity index (χ3n) is 4.14. The molecule has 3 aromatic rings. The Balaban J connectivity index is 1.70. The van der Waals surface area contributed by atoms with Gasteiger partial charge >= 0.3 is 0 Å². The minimum Gasteiger partial charge on any atom is -0.206 e. The van der Waals surface area contributed by atoms with Crippen molar-refractivity contribution in [1.82, 2.24) is 0 Å². The molecule has 0 bridgehead atoms. The van der Waals surface area contributed by atoms with Gasteiger partial charge in [0.2, 0.25) is 0 Å². The van der Waals surface area contributed by atoms with Gasteiger partial charge in [-0.3, -0.25) is 0 Å². The Kier molecular flexibility index (Phi) is 5.53. The van der Waals surface area contributed by atoms with Gasteiger partial charge in [-0.1, -0.05) is 72.8 Å². The Labute approximate surface area is 153 Å². The molecule has 0 radical (unpaired) electrons. The first kappa shape index (κ1) is 17.3. The maximum Gasteiger partial charge on any atom is 0.140 e. The summed E-state index contributed by atoms with van der Waals surface area (Å²) >= 11 is 5.75. The molecule has 0 fully saturated rings. The number of hydrogen-bond acceptors (Lipinski definition) is 0. The first-order valence-electron chi connectivity index (χ1n) is 8.23. The van der Waals surface area contributed by atoms with E-state index in [-0.39, 0.29) is 0 Å². The van der Waals surface area contributed by atoms with Gasteiger partial charge in [0.15, 0.2) is 0 Å². The standard InChI is InChI=1S/C23H18ClF/c1-17(20-5-3-2-4-6-20)15-19-9-7-18(8-10-19)11-12-21-13-14-22(24)16-23(21)25/h2-10,13-14,16-17H,15H2,1H3/t17-/m1/s1. The van der Waals surface area contributed by atoms with Crippen LogP contribution in [0.15, 0.2) is 72.8 Å². The summed E-state index contributed by atoms with van der Waals surface area (Å²) in [4.78, 5) is 0. The Hall–Kier alpha value is -2.56. The van der Waals surface area contributed by atoms with Crippen LogP contribution in [0.5, 0.6) is 0 Å². The molecule has 124 valence electrons. The highest BCUT2D eigenvalue weighted by Crippen LogP contribution is 2.20. The summed E-state index contributed by atoms with van der Waals surface area (Å²) in [5, 5.41) is 0.375. The quantitative estimate of drug-likeness (QED) is 0.492. The highest BCUT2D eigenvalue weighted by Gasteiger charge is 2.06. The zero-order valence-electron chi connectivity index (χ0n) is 14.0. The fourth-order valence-electron chi connectivity index (χ4n) is 2.71. The topological polar surface area (TPSA) is 0 Å². The summed E-state index contributed by atoms with van der Waals surface area (Å²) < 4.78 is 13.7. The zero-order valence-corrected chi connectivity index (χ0v) is 14.7. The van der Waals surface area contributed by atoms with Crippen molar-refractivity contribution in [3.8, 4) is 11.8 Å². The third kappa shape index (κ3) is 4.72. The molecule has 0 spiro atoms. The van der Waals surface area contributed by atoms with E-state index >= 15 is 0 Å². The SMILES string of the molecule is C[C@H](Cc1ccc(C#Cc2ccc(Cl)cc2F)cc1)c1ccccc1. The van der Waals surface area contributed by atoms with Crippen LogP contribution in [0.25, 0.3) is 0 Å². The second-order valence-electron chi connectivity index (χ2n) is 6.09. The van der Waals surface area contributed by atoms with E-state index in [1.54, 1.807) is 12.1 Å². The molecular weight excluding hydrogens is 331 g/mol. The first-order valence-corrected chi connectivity index (χ1v) is 8.60. The second kappa shape index (κ2) is 8.01. The van der Waals surface area contributed by atoms with E-state index in [2.05, 4.69) is 55.2 Å². The molecule has 3 aromatic carbocycles. The number of halogens is 2. The van der Waals surface area contributed by atoms with Gasteiger partial charge in [0.25, 0.3) is 0 Å². The van der Waals surface area contributed by atoms with Crippen LogP contribution >= 0.6 is 11.6 Å². The van der Waals surface area contributed by atoms with Crippen molar-refractivity contribution in [2.75, 3.05) is 0 Å². The molecule has 0 aliphatic heterocycles. The largest absolute Gasteiger partial charge is 0.206 e. The average molecular weight is 349 g/mol. The lowest BCUT2D eigenvalue weighted by molar-refractivity contribution is 0.624. The fourth-order valence-corrected chi connectivity index (χ4v) is 2.87. The highest BCUT2D eigenvalue weighted by molar-refractivity contribution is 6.30. The van der Waals surface area contributed by atoms with Crippen molar-refractivity contribution in [2.24, 2.45) is 0 Å². The van der Waals surface area contributed by atoms with Gasteiger partial charge in [0, 0.05) is 10.6 Å². The molecule has 1 atom stereocenters. The Morgan fingerprint density at radius 3 is 2.32 bits per heavy atom. The highest BCUT2D eigenvalue weighted by atomic mass is 35.5. The van der Waals surface area contributed by atoms with Crippen molar-refractivity contribution in [3.05, 3.63) is 106 Å². The molecule has 3 rings (SSSR count). The van der Waals surface area contributed by atoms with E-state index in [1.807, 2.05) is 18.2 Å². The van der Waals surface area contributed by atoms with Gasteiger partial charge in [-0.05, 0) is 53.8 Å². The summed E-state index contributed by atoms with van der Waals surface area (Å²) in [6.07, 6.45) is 0.976. The monoisotopic (exact) mass is 348 g/mol. The molecule has 0 saturated carbocycles. The van der Waals surface area contributed by atoms with E-state index in [4.69, 9.17) is 11.6 Å². The molecule has 0 saturated heterocycles. The Morgan fingerprint density at radius 1 is 0.920 bits per heavy atom. The van der Waals surface area contributed by atoms with Crippen LogP contribution in [-0.4, -0.2) is 0 Å². The van der Waals surface area contributed by atoms with Crippen molar-refractivity contribution in [1.29, 1.82) is 0 Å². The predicted molar refractivity (Wildman–Crippen MR) is 102 cm³/mol. The molecule has 0 nitrogen and oxygen atoms in total. The molecule has 0 N–H and O–H groups in total. The lowest BCUT2D eigenvalue weighted by atomic mass is 9.93. The van der Waals surface area contributed by atoms with Gasteiger partial charge in [0.05, 0.1) is 5.56 Å². The molecule has 0 amide bonds. The number of benzene rings is 3. The number of rotatable bonds is 3. The van der Waals surface area contributed by atoms with Gasteiger partial charge < -0.3 is 0 Å². The summed E-state index contributed by atoms with van der Waals surface area (Å²) in [5.41, 5.74) is 3.82. The van der Waals surface area contributed by atoms with Crippen LogP contribution in [0.4, 0.5) is 4.39 Å². The van der Waals surface area contributed by atoms with Crippen LogP contribution in [0.3, 0.4) is 0 Å². The molecule has 0 unspecified atom stereocenters. The molecule has 0 aliphatic rings. The summed E-state index contributed by atoms with van der Waals surface area (Å²) in [6, 6.07) is 23.1. The van der Waals surface area contributed by atoms with Crippen molar-refractivity contribution >= 4 is 11.6 Å². The van der Waals surface area contributed by atoms with Crippen LogP contribution < -0.4 is 0 Å². The van der Waals surface area contributed by atoms with Gasteiger partial charge in [-0.15, -0.1) is 0 Å². The molecule has 0 aliphatic carbocycles. The van der Waals surface area contributed by atoms with Crippen LogP contribution in [0.1, 0.15) is 35.1 Å². The van der Waals surface area contributed by atoms with Crippen LogP contribution in [0, 0.1) is 17.7 Å².